The number of carbonyl (C=O) groups is 2. The number of hydrogen-bond donors (Lipinski definition) is 2. The lowest BCUT2D eigenvalue weighted by Gasteiger charge is -1.99. The molecule has 3 N–H and O–H groups in total. The Kier molecular flexibility index (Phi) is 2.65. The second kappa shape index (κ2) is 4.12. The molecule has 0 radical (unpaired) electrons. The fraction of sp³-hybridized carbons (Fsp3) is 0.100. The minimum Gasteiger partial charge on any atom is -0.475 e. The van der Waals surface area contributed by atoms with Crippen LogP contribution in [-0.2, 0) is 6.54 Å². The summed E-state index contributed by atoms with van der Waals surface area (Å²) in [6.45, 7) is 0.200. The molecule has 7 nitrogen and oxygen atoms in total. The van der Waals surface area contributed by atoms with Gasteiger partial charge in [0, 0.05) is 11.8 Å². The van der Waals surface area contributed by atoms with Crippen LogP contribution in [0.5, 0.6) is 0 Å². The molecule has 2 aromatic heterocycles. The van der Waals surface area contributed by atoms with Crippen molar-refractivity contribution in [2.75, 3.05) is 0 Å². The lowest BCUT2D eigenvalue weighted by molar-refractivity contribution is 0.0660. The third kappa shape index (κ3) is 2.17. The van der Waals surface area contributed by atoms with E-state index in [0.717, 1.165) is 0 Å². The predicted molar refractivity (Wildman–Crippen MR) is 55.5 cm³/mol. The molecule has 0 aliphatic rings. The molecule has 0 fully saturated rings. The number of aromatic carboxylic acids is 1. The van der Waals surface area contributed by atoms with Gasteiger partial charge >= 0.3 is 5.97 Å². The second-order valence-electron chi connectivity index (χ2n) is 3.34. The van der Waals surface area contributed by atoms with Crippen molar-refractivity contribution in [1.29, 1.82) is 0 Å². The van der Waals surface area contributed by atoms with Gasteiger partial charge in [-0.25, -0.2) is 4.79 Å². The first-order chi connectivity index (χ1) is 8.08. The van der Waals surface area contributed by atoms with Crippen molar-refractivity contribution in [2.24, 2.45) is 5.73 Å². The summed E-state index contributed by atoms with van der Waals surface area (Å²) in [7, 11) is 0. The summed E-state index contributed by atoms with van der Waals surface area (Å²) in [6.07, 6.45) is 2.83. The largest absolute Gasteiger partial charge is 0.475 e. The summed E-state index contributed by atoms with van der Waals surface area (Å²) >= 11 is 0. The van der Waals surface area contributed by atoms with E-state index in [0.29, 0.717) is 5.56 Å². The van der Waals surface area contributed by atoms with Gasteiger partial charge in [0.2, 0.25) is 5.76 Å². The molecule has 17 heavy (non-hydrogen) atoms. The van der Waals surface area contributed by atoms with Crippen molar-refractivity contribution < 1.29 is 19.1 Å². The van der Waals surface area contributed by atoms with Gasteiger partial charge in [0.1, 0.15) is 5.69 Å². The molecule has 0 unspecified atom stereocenters. The fourth-order valence-corrected chi connectivity index (χ4v) is 1.40. The summed E-state index contributed by atoms with van der Waals surface area (Å²) < 4.78 is 6.23. The van der Waals surface area contributed by atoms with Crippen molar-refractivity contribution in [3.05, 3.63) is 41.6 Å². The zero-order valence-corrected chi connectivity index (χ0v) is 8.66. The molecule has 0 aliphatic carbocycles. The molecule has 0 saturated carbocycles. The molecule has 2 aromatic rings. The van der Waals surface area contributed by atoms with Gasteiger partial charge in [-0.2, -0.15) is 5.10 Å². The van der Waals surface area contributed by atoms with Crippen LogP contribution in [0.25, 0.3) is 0 Å². The molecule has 0 saturated heterocycles. The Hall–Kier alpha value is -2.57. The first kappa shape index (κ1) is 10.9. The quantitative estimate of drug-likeness (QED) is 0.792. The summed E-state index contributed by atoms with van der Waals surface area (Å²) in [5.41, 5.74) is 5.65. The van der Waals surface area contributed by atoms with Gasteiger partial charge in [0.05, 0.1) is 12.8 Å². The Morgan fingerprint density at radius 3 is 2.82 bits per heavy atom. The number of primary amides is 1. The highest BCUT2D eigenvalue weighted by atomic mass is 16.4. The minimum atomic E-state index is -1.15. The number of amides is 1. The Morgan fingerprint density at radius 1 is 1.47 bits per heavy atom. The van der Waals surface area contributed by atoms with Gasteiger partial charge in [-0.1, -0.05) is 0 Å². The molecule has 1 amide bonds. The van der Waals surface area contributed by atoms with Gasteiger partial charge in [-0.05, 0) is 12.1 Å². The number of carbonyl (C=O) groups excluding carboxylic acids is 1. The van der Waals surface area contributed by atoms with Crippen LogP contribution in [0.1, 0.15) is 26.6 Å². The number of carboxylic acids is 1. The smallest absolute Gasteiger partial charge is 0.372 e. The summed E-state index contributed by atoms with van der Waals surface area (Å²) in [5, 5.41) is 12.7. The highest BCUT2D eigenvalue weighted by Gasteiger charge is 2.14. The zero-order valence-electron chi connectivity index (χ0n) is 8.66. The molecular formula is C10H9N3O4. The van der Waals surface area contributed by atoms with Crippen molar-refractivity contribution in [2.45, 2.75) is 6.54 Å². The Morgan fingerprint density at radius 2 is 2.24 bits per heavy atom. The molecule has 0 spiro atoms. The van der Waals surface area contributed by atoms with Gasteiger partial charge in [-0.15, -0.1) is 0 Å². The number of nitrogens with zero attached hydrogens (tertiary/aromatic N) is 2. The number of rotatable bonds is 4. The first-order valence-electron chi connectivity index (χ1n) is 4.71. The lowest BCUT2D eigenvalue weighted by Crippen LogP contribution is -2.13. The number of aromatic nitrogens is 2. The maximum atomic E-state index is 10.8. The van der Waals surface area contributed by atoms with Crippen LogP contribution in [0.2, 0.25) is 0 Å². The molecule has 0 aromatic carbocycles. The molecule has 88 valence electrons. The normalized spacial score (nSPS) is 10.4. The fourth-order valence-electron chi connectivity index (χ4n) is 1.40. The van der Waals surface area contributed by atoms with Crippen molar-refractivity contribution in [3.8, 4) is 0 Å². The predicted octanol–water partition coefficient (Wildman–Crippen LogP) is 0.321. The highest BCUT2D eigenvalue weighted by Crippen LogP contribution is 2.12. The molecule has 2 rings (SSSR count). The van der Waals surface area contributed by atoms with Crippen LogP contribution >= 0.6 is 0 Å². The monoisotopic (exact) mass is 235 g/mol. The van der Waals surface area contributed by atoms with Crippen LogP contribution in [0, 0.1) is 0 Å². The standard InChI is InChI=1S/C10H9N3O4/c11-9(14)7-1-3-13(12-7)5-6-2-4-17-8(6)10(15)16/h1-4H,5H2,(H2,11,14)(H,15,16). The average Bonchev–Trinajstić information content (AvgIpc) is 2.86. The number of nitrogens with two attached hydrogens (primary N) is 1. The second-order valence-corrected chi connectivity index (χ2v) is 3.34. The Bertz CT molecular complexity index is 570. The van der Waals surface area contributed by atoms with Gasteiger partial charge in [0.15, 0.2) is 0 Å². The Labute approximate surface area is 95.4 Å². The number of hydrogen-bond acceptors (Lipinski definition) is 4. The van der Waals surface area contributed by atoms with E-state index in [-0.39, 0.29) is 18.0 Å². The van der Waals surface area contributed by atoms with E-state index in [4.69, 9.17) is 15.3 Å². The highest BCUT2D eigenvalue weighted by molar-refractivity contribution is 5.90. The average molecular weight is 235 g/mol. The van der Waals surface area contributed by atoms with E-state index in [2.05, 4.69) is 5.10 Å². The third-order valence-corrected chi connectivity index (χ3v) is 2.17. The molecule has 0 aliphatic heterocycles. The summed E-state index contributed by atoms with van der Waals surface area (Å²) in [4.78, 5) is 21.6. The zero-order chi connectivity index (χ0) is 12.4. The van der Waals surface area contributed by atoms with E-state index in [1.54, 1.807) is 6.20 Å². The molecular weight excluding hydrogens is 226 g/mol. The van der Waals surface area contributed by atoms with Crippen molar-refractivity contribution in [3.63, 3.8) is 0 Å². The van der Waals surface area contributed by atoms with Crippen molar-refractivity contribution in [1.82, 2.24) is 9.78 Å². The van der Waals surface area contributed by atoms with E-state index in [1.807, 2.05) is 0 Å². The number of carboxylic acid groups (broad SMARTS) is 1. The number of furan rings is 1. The van der Waals surface area contributed by atoms with Crippen LogP contribution < -0.4 is 5.73 Å². The summed E-state index contributed by atoms with van der Waals surface area (Å²) in [5.74, 6) is -1.91. The topological polar surface area (TPSA) is 111 Å². The Balaban J connectivity index is 2.22. The van der Waals surface area contributed by atoms with Crippen LogP contribution in [-0.4, -0.2) is 26.8 Å². The summed E-state index contributed by atoms with van der Waals surface area (Å²) in [6, 6.07) is 3.00. The third-order valence-electron chi connectivity index (χ3n) is 2.17. The molecule has 7 heteroatoms. The van der Waals surface area contributed by atoms with Crippen LogP contribution in [0.3, 0.4) is 0 Å². The van der Waals surface area contributed by atoms with E-state index >= 15 is 0 Å². The minimum absolute atomic E-state index is 0.130. The first-order valence-corrected chi connectivity index (χ1v) is 4.71. The maximum absolute atomic E-state index is 10.8. The van der Waals surface area contributed by atoms with Crippen LogP contribution in [0.4, 0.5) is 0 Å². The van der Waals surface area contributed by atoms with Gasteiger partial charge < -0.3 is 15.3 Å². The van der Waals surface area contributed by atoms with Gasteiger partial charge in [0.25, 0.3) is 5.91 Å². The van der Waals surface area contributed by atoms with Crippen molar-refractivity contribution >= 4 is 11.9 Å². The molecule has 0 atom stereocenters. The van der Waals surface area contributed by atoms with E-state index in [1.165, 1.54) is 23.1 Å². The molecule has 0 bridgehead atoms. The van der Waals surface area contributed by atoms with Gasteiger partial charge in [-0.3, -0.25) is 9.48 Å². The lowest BCUT2D eigenvalue weighted by atomic mass is 10.2. The van der Waals surface area contributed by atoms with E-state index in [9.17, 15) is 9.59 Å². The van der Waals surface area contributed by atoms with E-state index < -0.39 is 11.9 Å². The molecule has 2 heterocycles. The SMILES string of the molecule is NC(=O)c1ccn(Cc2ccoc2C(=O)O)n1. The van der Waals surface area contributed by atoms with Crippen LogP contribution in [0.15, 0.2) is 29.0 Å². The maximum Gasteiger partial charge on any atom is 0.372 e.